The highest BCUT2D eigenvalue weighted by atomic mass is 35.5. The maximum atomic E-state index is 12.9. The predicted molar refractivity (Wildman–Crippen MR) is 142 cm³/mol. The normalized spacial score (nSPS) is 18.7. The van der Waals surface area contributed by atoms with E-state index >= 15 is 0 Å². The van der Waals surface area contributed by atoms with Gasteiger partial charge in [0.2, 0.25) is 12.2 Å². The minimum Gasteiger partial charge on any atom is -0.382 e. The summed E-state index contributed by atoms with van der Waals surface area (Å²) in [4.78, 5) is 19.1. The SMILES string of the molecule is Cc1cc(C(F)(F)F)nn1CC(=O)N1CCC(c2nc(C3OCc4c(Cl)ccc(OS(C)(=O)=O)c4CO3)cs2)CC1. The number of alkyl halides is 3. The predicted octanol–water partition coefficient (Wildman–Crippen LogP) is 4.81. The van der Waals surface area contributed by atoms with Crippen LogP contribution in [0.5, 0.6) is 5.75 Å². The summed E-state index contributed by atoms with van der Waals surface area (Å²) in [6.45, 7) is 2.18. The molecular weight excluding hydrogens is 609 g/mol. The van der Waals surface area contributed by atoms with Gasteiger partial charge >= 0.3 is 16.3 Å². The lowest BCUT2D eigenvalue weighted by Gasteiger charge is -2.31. The van der Waals surface area contributed by atoms with E-state index < -0.39 is 28.3 Å². The molecule has 1 amide bonds. The molecule has 0 bridgehead atoms. The van der Waals surface area contributed by atoms with E-state index in [1.54, 1.807) is 11.0 Å². The van der Waals surface area contributed by atoms with E-state index in [4.69, 9.17) is 30.2 Å². The van der Waals surface area contributed by atoms with Gasteiger partial charge in [0.1, 0.15) is 18.0 Å². The molecule has 0 spiro atoms. The summed E-state index contributed by atoms with van der Waals surface area (Å²) in [7, 11) is -3.76. The van der Waals surface area contributed by atoms with Crippen LogP contribution >= 0.6 is 22.9 Å². The van der Waals surface area contributed by atoms with Crippen molar-refractivity contribution >= 4 is 39.0 Å². The van der Waals surface area contributed by atoms with Crippen LogP contribution in [0.4, 0.5) is 13.2 Å². The zero-order chi connectivity index (χ0) is 29.5. The molecule has 0 aliphatic carbocycles. The Morgan fingerprint density at radius 2 is 1.88 bits per heavy atom. The molecule has 0 N–H and O–H groups in total. The molecule has 16 heteroatoms. The molecule has 2 aromatic heterocycles. The summed E-state index contributed by atoms with van der Waals surface area (Å²) in [6.07, 6.45) is -3.14. The fourth-order valence-electron chi connectivity index (χ4n) is 4.74. The zero-order valence-corrected chi connectivity index (χ0v) is 24.4. The van der Waals surface area contributed by atoms with Crippen molar-refractivity contribution < 1.29 is 40.0 Å². The first kappa shape index (κ1) is 29.8. The summed E-state index contributed by atoms with van der Waals surface area (Å²) in [5.74, 6) is -0.0749. The Balaban J connectivity index is 1.19. The molecule has 222 valence electrons. The number of carbonyl (C=O) groups excluding carboxylic acids is 1. The summed E-state index contributed by atoms with van der Waals surface area (Å²) in [5.41, 5.74) is 0.869. The number of thiazole rings is 1. The molecule has 10 nitrogen and oxygen atoms in total. The highest BCUT2D eigenvalue weighted by Gasteiger charge is 2.35. The van der Waals surface area contributed by atoms with E-state index in [2.05, 4.69) is 5.10 Å². The molecule has 1 aromatic carbocycles. The van der Waals surface area contributed by atoms with Crippen LogP contribution in [0.15, 0.2) is 23.6 Å². The van der Waals surface area contributed by atoms with Gasteiger partial charge in [0.25, 0.3) is 0 Å². The number of benzene rings is 1. The van der Waals surface area contributed by atoms with Gasteiger partial charge in [-0.1, -0.05) is 11.6 Å². The van der Waals surface area contributed by atoms with Gasteiger partial charge in [-0.05, 0) is 38.0 Å². The van der Waals surface area contributed by atoms with E-state index in [0.29, 0.717) is 47.8 Å². The van der Waals surface area contributed by atoms with Gasteiger partial charge in [0.05, 0.1) is 24.5 Å². The quantitative estimate of drug-likeness (QED) is 0.355. The fraction of sp³-hybridized carbons (Fsp3) is 0.480. The Hall–Kier alpha value is -2.72. The smallest absolute Gasteiger partial charge is 0.382 e. The number of likely N-dealkylation sites (tertiary alicyclic amines) is 1. The van der Waals surface area contributed by atoms with Gasteiger partial charge in [-0.25, -0.2) is 4.98 Å². The second-order valence-corrected chi connectivity index (χ2v) is 12.7. The van der Waals surface area contributed by atoms with Crippen LogP contribution in [0, 0.1) is 6.92 Å². The van der Waals surface area contributed by atoms with Crippen molar-refractivity contribution in [2.45, 2.75) is 57.9 Å². The Morgan fingerprint density at radius 1 is 1.20 bits per heavy atom. The first-order chi connectivity index (χ1) is 19.3. The number of piperidine rings is 1. The Bertz CT molecular complexity index is 1550. The fourth-order valence-corrected chi connectivity index (χ4v) is 6.45. The first-order valence-corrected chi connectivity index (χ1v) is 15.6. The number of carbonyl (C=O) groups is 1. The number of amides is 1. The van der Waals surface area contributed by atoms with Crippen molar-refractivity contribution in [3.63, 3.8) is 0 Å². The molecule has 4 heterocycles. The van der Waals surface area contributed by atoms with Crippen LogP contribution in [0.2, 0.25) is 5.02 Å². The average Bonchev–Trinajstić information content (AvgIpc) is 3.46. The average molecular weight is 635 g/mol. The number of nitrogens with zero attached hydrogens (tertiary/aromatic N) is 4. The molecule has 2 aliphatic heterocycles. The maximum Gasteiger partial charge on any atom is 0.435 e. The van der Waals surface area contributed by atoms with Gasteiger partial charge < -0.3 is 18.6 Å². The van der Waals surface area contributed by atoms with Crippen LogP contribution in [0.25, 0.3) is 0 Å². The zero-order valence-electron chi connectivity index (χ0n) is 22.0. The molecule has 5 rings (SSSR count). The minimum absolute atomic E-state index is 0.00103. The Labute approximate surface area is 243 Å². The van der Waals surface area contributed by atoms with Crippen LogP contribution in [-0.2, 0) is 50.3 Å². The summed E-state index contributed by atoms with van der Waals surface area (Å²) in [5, 5.41) is 6.63. The van der Waals surface area contributed by atoms with Crippen LogP contribution in [0.1, 0.15) is 58.3 Å². The molecule has 1 saturated heterocycles. The van der Waals surface area contributed by atoms with Gasteiger partial charge in [0, 0.05) is 46.2 Å². The summed E-state index contributed by atoms with van der Waals surface area (Å²) >= 11 is 7.78. The standard InChI is InChI=1S/C25H26ClF3N4O6S2/c1-14-9-21(25(27,28)29)31-33(14)10-22(34)32-7-5-15(6-8-32)23-30-19(13-40-23)24-37-11-16-17(12-38-24)20(4-3-18(16)26)39-41(2,35)36/h3-4,9,13,15,24H,5-8,10-12H2,1-2H3. The van der Waals surface area contributed by atoms with E-state index in [1.807, 2.05) is 5.38 Å². The molecule has 0 radical (unpaired) electrons. The molecule has 1 fully saturated rings. The lowest BCUT2D eigenvalue weighted by Crippen LogP contribution is -2.40. The summed E-state index contributed by atoms with van der Waals surface area (Å²) in [6, 6.07) is 3.94. The third-order valence-corrected chi connectivity index (χ3v) is 8.73. The Morgan fingerprint density at radius 3 is 2.51 bits per heavy atom. The molecule has 41 heavy (non-hydrogen) atoms. The van der Waals surface area contributed by atoms with Crippen molar-refractivity contribution in [2.24, 2.45) is 0 Å². The lowest BCUT2D eigenvalue weighted by molar-refractivity contribution is -0.155. The topological polar surface area (TPSA) is 113 Å². The summed E-state index contributed by atoms with van der Waals surface area (Å²) < 4.78 is 80.2. The number of aromatic nitrogens is 3. The molecule has 0 saturated carbocycles. The first-order valence-electron chi connectivity index (χ1n) is 12.6. The minimum atomic E-state index is -4.57. The van der Waals surface area contributed by atoms with Crippen LogP contribution in [0.3, 0.4) is 0 Å². The van der Waals surface area contributed by atoms with E-state index in [1.165, 1.54) is 24.3 Å². The number of hydrogen-bond donors (Lipinski definition) is 0. The van der Waals surface area contributed by atoms with E-state index in [-0.39, 0.29) is 43.0 Å². The van der Waals surface area contributed by atoms with Gasteiger partial charge in [-0.2, -0.15) is 26.7 Å². The maximum absolute atomic E-state index is 12.9. The number of fused-ring (bicyclic) bond motifs is 1. The number of aryl methyl sites for hydroxylation is 1. The second kappa shape index (κ2) is 11.5. The van der Waals surface area contributed by atoms with Crippen molar-refractivity contribution in [1.29, 1.82) is 0 Å². The van der Waals surface area contributed by atoms with Gasteiger partial charge in [0.15, 0.2) is 5.69 Å². The highest BCUT2D eigenvalue weighted by molar-refractivity contribution is 7.86. The number of halogens is 4. The van der Waals surface area contributed by atoms with E-state index in [0.717, 1.165) is 22.0 Å². The van der Waals surface area contributed by atoms with Gasteiger partial charge in [-0.15, -0.1) is 11.3 Å². The number of ether oxygens (including phenoxy) is 2. The molecule has 1 unspecified atom stereocenters. The molecule has 3 aromatic rings. The Kier molecular flexibility index (Phi) is 8.36. The van der Waals surface area contributed by atoms with Crippen LogP contribution in [-0.4, -0.2) is 53.3 Å². The van der Waals surface area contributed by atoms with Crippen molar-refractivity contribution in [3.05, 3.63) is 61.8 Å². The molecular formula is C25H26ClF3N4O6S2. The monoisotopic (exact) mass is 634 g/mol. The van der Waals surface area contributed by atoms with Crippen molar-refractivity contribution in [3.8, 4) is 5.75 Å². The largest absolute Gasteiger partial charge is 0.435 e. The van der Waals surface area contributed by atoms with Crippen molar-refractivity contribution in [1.82, 2.24) is 19.7 Å². The third-order valence-electron chi connectivity index (χ3n) is 6.87. The highest BCUT2D eigenvalue weighted by Crippen LogP contribution is 2.38. The number of hydrogen-bond acceptors (Lipinski definition) is 9. The van der Waals surface area contributed by atoms with Gasteiger partial charge in [-0.3, -0.25) is 9.48 Å². The van der Waals surface area contributed by atoms with E-state index in [9.17, 15) is 26.4 Å². The molecule has 1 atom stereocenters. The lowest BCUT2D eigenvalue weighted by atomic mass is 9.97. The third kappa shape index (κ3) is 6.85. The molecule has 2 aliphatic rings. The second-order valence-electron chi connectivity index (χ2n) is 9.84. The number of rotatable bonds is 6. The van der Waals surface area contributed by atoms with Crippen LogP contribution < -0.4 is 4.18 Å². The van der Waals surface area contributed by atoms with Crippen molar-refractivity contribution in [2.75, 3.05) is 19.3 Å².